The number of allylic oxidation sites excluding steroid dienone is 10. The van der Waals surface area contributed by atoms with Gasteiger partial charge in [-0.25, -0.2) is 0 Å². The smallest absolute Gasteiger partial charge is 0.306 e. The van der Waals surface area contributed by atoms with Crippen molar-refractivity contribution in [3.63, 3.8) is 0 Å². The highest BCUT2D eigenvalue weighted by molar-refractivity contribution is 5.70. The number of hydrogen-bond donors (Lipinski definition) is 2. The van der Waals surface area contributed by atoms with Gasteiger partial charge in [0.2, 0.25) is 0 Å². The number of aliphatic hydroxyl groups is 2. The van der Waals surface area contributed by atoms with Gasteiger partial charge in [0, 0.05) is 12.8 Å². The van der Waals surface area contributed by atoms with Crippen LogP contribution in [0.5, 0.6) is 0 Å². The zero-order chi connectivity index (χ0) is 37.3. The molecule has 0 heterocycles. The SMILES string of the molecule is CC/C=C\C/C=C\CC(O)/C=C/C=C\C/C=C\C/C=C\CCC(=O)OC[C@H](CO)OC(=O)CCCCCCCCCCCCCCCCCCC. The number of carbonyl (C=O) groups is 2. The van der Waals surface area contributed by atoms with Crippen LogP contribution >= 0.6 is 0 Å². The minimum Gasteiger partial charge on any atom is -0.462 e. The molecule has 292 valence electrons. The second-order valence-corrected chi connectivity index (χ2v) is 13.5. The van der Waals surface area contributed by atoms with Crippen molar-refractivity contribution in [3.8, 4) is 0 Å². The number of hydrogen-bond acceptors (Lipinski definition) is 6. The molecule has 1 unspecified atom stereocenters. The molecule has 2 atom stereocenters. The summed E-state index contributed by atoms with van der Waals surface area (Å²) >= 11 is 0. The second-order valence-electron chi connectivity index (χ2n) is 13.5. The van der Waals surface area contributed by atoms with E-state index in [4.69, 9.17) is 9.47 Å². The zero-order valence-electron chi connectivity index (χ0n) is 32.7. The van der Waals surface area contributed by atoms with Gasteiger partial charge < -0.3 is 19.7 Å². The van der Waals surface area contributed by atoms with Crippen LogP contribution in [0.25, 0.3) is 0 Å². The Kier molecular flexibility index (Phi) is 38.0. The van der Waals surface area contributed by atoms with E-state index in [0.717, 1.165) is 44.9 Å². The topological polar surface area (TPSA) is 93.1 Å². The monoisotopic (exact) mass is 713 g/mol. The number of unbranched alkanes of at least 4 members (excludes halogenated alkanes) is 16. The third-order valence-corrected chi connectivity index (χ3v) is 8.61. The minimum atomic E-state index is -0.817. The van der Waals surface area contributed by atoms with Crippen molar-refractivity contribution in [2.45, 2.75) is 187 Å². The van der Waals surface area contributed by atoms with Crippen molar-refractivity contribution < 1.29 is 29.3 Å². The summed E-state index contributed by atoms with van der Waals surface area (Å²) in [5.41, 5.74) is 0. The molecule has 6 nitrogen and oxygen atoms in total. The van der Waals surface area contributed by atoms with Crippen LogP contribution < -0.4 is 0 Å². The number of esters is 2. The Morgan fingerprint density at radius 2 is 1.08 bits per heavy atom. The summed E-state index contributed by atoms with van der Waals surface area (Å²) in [7, 11) is 0. The van der Waals surface area contributed by atoms with Gasteiger partial charge in [0.1, 0.15) is 6.61 Å². The lowest BCUT2D eigenvalue weighted by Crippen LogP contribution is -2.28. The molecule has 0 saturated carbocycles. The summed E-state index contributed by atoms with van der Waals surface area (Å²) in [6.45, 7) is 3.89. The van der Waals surface area contributed by atoms with Gasteiger partial charge in [0.25, 0.3) is 0 Å². The van der Waals surface area contributed by atoms with E-state index in [1.807, 2.05) is 36.5 Å². The number of carbonyl (C=O) groups excluding carboxylic acids is 2. The fraction of sp³-hybridized carbons (Fsp3) is 0.689. The van der Waals surface area contributed by atoms with E-state index in [2.05, 4.69) is 44.2 Å². The van der Waals surface area contributed by atoms with Crippen LogP contribution in [0.1, 0.15) is 174 Å². The van der Waals surface area contributed by atoms with Gasteiger partial charge in [-0.1, -0.05) is 189 Å². The van der Waals surface area contributed by atoms with E-state index in [0.29, 0.717) is 19.3 Å². The molecule has 0 aliphatic carbocycles. The van der Waals surface area contributed by atoms with Crippen LogP contribution in [0.4, 0.5) is 0 Å². The Morgan fingerprint density at radius 1 is 0.569 bits per heavy atom. The summed E-state index contributed by atoms with van der Waals surface area (Å²) in [4.78, 5) is 24.3. The minimum absolute atomic E-state index is 0.123. The molecule has 0 amide bonds. The molecular weight excluding hydrogens is 636 g/mol. The normalized spacial score (nSPS) is 13.6. The predicted molar refractivity (Wildman–Crippen MR) is 216 cm³/mol. The lowest BCUT2D eigenvalue weighted by atomic mass is 10.0. The van der Waals surface area contributed by atoms with E-state index < -0.39 is 12.2 Å². The molecule has 0 aromatic carbocycles. The van der Waals surface area contributed by atoms with Crippen molar-refractivity contribution in [2.24, 2.45) is 0 Å². The first-order valence-corrected chi connectivity index (χ1v) is 20.6. The molecule has 0 radical (unpaired) electrons. The van der Waals surface area contributed by atoms with Gasteiger partial charge in [0.15, 0.2) is 6.10 Å². The maximum atomic E-state index is 12.2. The van der Waals surface area contributed by atoms with Crippen molar-refractivity contribution in [2.75, 3.05) is 13.2 Å². The van der Waals surface area contributed by atoms with Crippen molar-refractivity contribution in [1.29, 1.82) is 0 Å². The maximum absolute atomic E-state index is 12.2. The standard InChI is InChI=1S/C45H76O6/c1-3-5-7-9-11-12-13-14-15-16-17-18-19-24-27-31-35-39-45(49)51-43(40-46)41-50-44(48)38-34-30-26-23-21-20-22-25-29-33-37-42(47)36-32-28-10-8-6-4-2/h6,8,20-21,25-26,28-30,32-33,37,42-43,46-47H,3-5,7,9-19,22-24,27,31,34-36,38-41H2,1-2H3/b8-6-,21-20-,29-25-,30-26-,32-28-,37-33+/t42?,43-/m0/s1. The first-order valence-electron chi connectivity index (χ1n) is 20.6. The lowest BCUT2D eigenvalue weighted by Gasteiger charge is -2.15. The van der Waals surface area contributed by atoms with Gasteiger partial charge in [-0.05, 0) is 44.9 Å². The van der Waals surface area contributed by atoms with E-state index in [1.54, 1.807) is 6.08 Å². The van der Waals surface area contributed by atoms with E-state index in [-0.39, 0.29) is 31.6 Å². The zero-order valence-corrected chi connectivity index (χ0v) is 32.7. The first-order chi connectivity index (χ1) is 25.0. The molecule has 0 aromatic heterocycles. The largest absolute Gasteiger partial charge is 0.462 e. The molecule has 0 saturated heterocycles. The first kappa shape index (κ1) is 48.3. The molecule has 0 aliphatic heterocycles. The fourth-order valence-electron chi connectivity index (χ4n) is 5.49. The van der Waals surface area contributed by atoms with Crippen LogP contribution in [-0.4, -0.2) is 47.6 Å². The van der Waals surface area contributed by atoms with Crippen LogP contribution in [0.15, 0.2) is 72.9 Å². The molecule has 0 bridgehead atoms. The number of aliphatic hydroxyl groups excluding tert-OH is 2. The van der Waals surface area contributed by atoms with Crippen LogP contribution in [0.3, 0.4) is 0 Å². The molecule has 0 fully saturated rings. The molecule has 0 spiro atoms. The average Bonchev–Trinajstić information content (AvgIpc) is 3.13. The molecule has 0 aromatic rings. The molecular formula is C45H76O6. The van der Waals surface area contributed by atoms with Crippen LogP contribution in [0, 0.1) is 0 Å². The van der Waals surface area contributed by atoms with Gasteiger partial charge in [-0.2, -0.15) is 0 Å². The van der Waals surface area contributed by atoms with Gasteiger partial charge in [0.05, 0.1) is 12.7 Å². The molecule has 0 aliphatic rings. The van der Waals surface area contributed by atoms with Crippen molar-refractivity contribution in [1.82, 2.24) is 0 Å². The quantitative estimate of drug-likeness (QED) is 0.0291. The fourth-order valence-corrected chi connectivity index (χ4v) is 5.49. The lowest BCUT2D eigenvalue weighted by molar-refractivity contribution is -0.161. The Bertz CT molecular complexity index is 960. The third kappa shape index (κ3) is 38.4. The molecule has 2 N–H and O–H groups in total. The summed E-state index contributed by atoms with van der Waals surface area (Å²) < 4.78 is 10.5. The average molecular weight is 713 g/mol. The maximum Gasteiger partial charge on any atom is 0.306 e. The third-order valence-electron chi connectivity index (χ3n) is 8.61. The Balaban J connectivity index is 3.74. The predicted octanol–water partition coefficient (Wildman–Crippen LogP) is 11.9. The van der Waals surface area contributed by atoms with Gasteiger partial charge in [-0.15, -0.1) is 0 Å². The molecule has 0 rings (SSSR count). The Morgan fingerprint density at radius 3 is 1.65 bits per heavy atom. The van der Waals surface area contributed by atoms with Gasteiger partial charge >= 0.3 is 11.9 Å². The summed E-state index contributed by atoms with van der Waals surface area (Å²) in [6, 6.07) is 0. The molecule has 6 heteroatoms. The van der Waals surface area contributed by atoms with E-state index in [1.165, 1.54) is 89.9 Å². The van der Waals surface area contributed by atoms with Crippen molar-refractivity contribution in [3.05, 3.63) is 72.9 Å². The molecule has 51 heavy (non-hydrogen) atoms. The van der Waals surface area contributed by atoms with E-state index >= 15 is 0 Å². The highest BCUT2D eigenvalue weighted by atomic mass is 16.6. The van der Waals surface area contributed by atoms with Crippen molar-refractivity contribution >= 4 is 11.9 Å². The second kappa shape index (κ2) is 40.1. The van der Waals surface area contributed by atoms with Crippen LogP contribution in [-0.2, 0) is 19.1 Å². The summed E-state index contributed by atoms with van der Waals surface area (Å²) in [6.07, 6.45) is 50.0. The Hall–Kier alpha value is -2.70. The Labute approximate surface area is 313 Å². The summed E-state index contributed by atoms with van der Waals surface area (Å²) in [5.74, 6) is -0.719. The van der Waals surface area contributed by atoms with Gasteiger partial charge in [-0.3, -0.25) is 9.59 Å². The number of rotatable bonds is 36. The highest BCUT2D eigenvalue weighted by Gasteiger charge is 2.15. The summed E-state index contributed by atoms with van der Waals surface area (Å²) in [5, 5.41) is 19.5. The van der Waals surface area contributed by atoms with E-state index in [9.17, 15) is 19.8 Å². The van der Waals surface area contributed by atoms with Crippen LogP contribution in [0.2, 0.25) is 0 Å². The number of ether oxygens (including phenoxy) is 2. The highest BCUT2D eigenvalue weighted by Crippen LogP contribution is 2.15.